The summed E-state index contributed by atoms with van der Waals surface area (Å²) in [6, 6.07) is 15.6. The third kappa shape index (κ3) is 10.3. The average molecular weight is 1040 g/mol. The number of fused-ring (bicyclic) bond motifs is 6. The van der Waals surface area contributed by atoms with Crippen LogP contribution >= 0.6 is 0 Å². The Morgan fingerprint density at radius 3 is 1.99 bits per heavy atom. The topological polar surface area (TPSA) is 228 Å². The van der Waals surface area contributed by atoms with Gasteiger partial charge in [0.1, 0.15) is 17.2 Å². The number of hydrogen-bond donors (Lipinski definition) is 4. The summed E-state index contributed by atoms with van der Waals surface area (Å²) in [4.78, 5) is 30.9. The van der Waals surface area contributed by atoms with Crippen LogP contribution in [0.15, 0.2) is 112 Å². The minimum atomic E-state index is -4.94. The standard InChI is InChI=1S/C54H62N4O11S3/c1-11-57-43-23-20-38-33(3)28-36(70(61,62)63)29-40(38)49(43)53(7,8)46(57)25-18-34(42-22-17-35(32-56-42)51(60)55-27-15-13-14-16-48(59)52(4,5)6)19-26-47-54(9,10)50-41-30-37(71(64,65)66)31-45(72(67,68)69)39(41)21-24-44(50)58(47)12-2/h17-26,28-32H,11-16,27H2,1-10H3,(H3-,55,60,61,62,63,64,65,66,67,68,69)/p+1. The highest BCUT2D eigenvalue weighted by molar-refractivity contribution is 7.87. The summed E-state index contributed by atoms with van der Waals surface area (Å²) < 4.78 is 108. The zero-order valence-electron chi connectivity index (χ0n) is 42.3. The van der Waals surface area contributed by atoms with Gasteiger partial charge in [-0.15, -0.1) is 0 Å². The zero-order chi connectivity index (χ0) is 53.1. The van der Waals surface area contributed by atoms with Crippen molar-refractivity contribution in [2.45, 2.75) is 120 Å². The van der Waals surface area contributed by atoms with Crippen LogP contribution in [0.4, 0.5) is 11.4 Å². The molecule has 1 amide bonds. The summed E-state index contributed by atoms with van der Waals surface area (Å²) in [5.41, 5.74) is 4.81. The summed E-state index contributed by atoms with van der Waals surface area (Å²) in [6.07, 6.45) is 11.9. The first-order valence-electron chi connectivity index (χ1n) is 23.8. The minimum Gasteiger partial charge on any atom is -0.352 e. The second-order valence-electron chi connectivity index (χ2n) is 20.5. The van der Waals surface area contributed by atoms with Crippen molar-refractivity contribution in [3.8, 4) is 0 Å². The van der Waals surface area contributed by atoms with E-state index in [0.29, 0.717) is 71.5 Å². The maximum atomic E-state index is 13.3. The number of anilines is 1. The monoisotopic (exact) mass is 1040 g/mol. The number of carbonyl (C=O) groups is 2. The van der Waals surface area contributed by atoms with E-state index in [4.69, 9.17) is 4.98 Å². The highest BCUT2D eigenvalue weighted by Gasteiger charge is 2.46. The van der Waals surface area contributed by atoms with Gasteiger partial charge in [0.2, 0.25) is 5.69 Å². The van der Waals surface area contributed by atoms with Gasteiger partial charge < -0.3 is 10.2 Å². The number of amides is 1. The van der Waals surface area contributed by atoms with Crippen LogP contribution in [-0.4, -0.2) is 85.5 Å². The lowest BCUT2D eigenvalue weighted by Crippen LogP contribution is -2.27. The number of ketones is 1. The zero-order valence-corrected chi connectivity index (χ0v) is 44.7. The number of pyridine rings is 1. The molecule has 7 rings (SSSR count). The molecule has 0 saturated heterocycles. The smallest absolute Gasteiger partial charge is 0.295 e. The van der Waals surface area contributed by atoms with Crippen LogP contribution in [0.1, 0.15) is 121 Å². The van der Waals surface area contributed by atoms with Crippen molar-refractivity contribution >= 4 is 86.2 Å². The number of Topliss-reactive ketones (excluding diaryl/α,β-unsaturated/α-hetero) is 1. The normalized spacial score (nSPS) is 16.6. The lowest BCUT2D eigenvalue weighted by molar-refractivity contribution is -0.433. The Morgan fingerprint density at radius 1 is 0.764 bits per heavy atom. The number of carbonyl (C=O) groups excluding carboxylic acids is 2. The Bertz CT molecular complexity index is 3550. The van der Waals surface area contributed by atoms with E-state index >= 15 is 0 Å². The predicted molar refractivity (Wildman–Crippen MR) is 281 cm³/mol. The number of hydrogen-bond acceptors (Lipinski definition) is 10. The summed E-state index contributed by atoms with van der Waals surface area (Å²) in [5, 5.41) is 4.78. The lowest BCUT2D eigenvalue weighted by atomic mass is 9.78. The maximum absolute atomic E-state index is 13.3. The van der Waals surface area contributed by atoms with Crippen LogP contribution in [-0.2, 0) is 46.0 Å². The van der Waals surface area contributed by atoms with Crippen LogP contribution in [0.3, 0.4) is 0 Å². The first-order chi connectivity index (χ1) is 33.4. The minimum absolute atomic E-state index is 0.0731. The van der Waals surface area contributed by atoms with Gasteiger partial charge >= 0.3 is 0 Å². The predicted octanol–water partition coefficient (Wildman–Crippen LogP) is 10.1. The molecule has 15 nitrogen and oxygen atoms in total. The van der Waals surface area contributed by atoms with Crippen molar-refractivity contribution in [2.75, 3.05) is 24.5 Å². The second kappa shape index (κ2) is 19.5. The number of rotatable bonds is 16. The largest absolute Gasteiger partial charge is 0.352 e. The van der Waals surface area contributed by atoms with Crippen molar-refractivity contribution in [3.63, 3.8) is 0 Å². The number of aromatic nitrogens is 1. The van der Waals surface area contributed by atoms with Crippen molar-refractivity contribution in [1.82, 2.24) is 10.3 Å². The van der Waals surface area contributed by atoms with Crippen molar-refractivity contribution in [2.24, 2.45) is 5.41 Å². The van der Waals surface area contributed by atoms with E-state index in [1.54, 1.807) is 25.1 Å². The summed E-state index contributed by atoms with van der Waals surface area (Å²) in [7, 11) is -14.4. The number of unbranched alkanes of at least 4 members (excludes halogenated alkanes) is 2. The molecular formula is C54H63N4O11S3+. The van der Waals surface area contributed by atoms with Gasteiger partial charge in [0.25, 0.3) is 36.3 Å². The van der Waals surface area contributed by atoms with Crippen LogP contribution in [0.5, 0.6) is 0 Å². The maximum Gasteiger partial charge on any atom is 0.295 e. The molecule has 0 saturated carbocycles. The van der Waals surface area contributed by atoms with E-state index in [2.05, 4.69) is 23.7 Å². The van der Waals surface area contributed by atoms with Gasteiger partial charge in [-0.3, -0.25) is 28.2 Å². The Morgan fingerprint density at radius 2 is 1.40 bits per heavy atom. The fourth-order valence-electron chi connectivity index (χ4n) is 10.2. The summed E-state index contributed by atoms with van der Waals surface area (Å²) in [6.45, 7) is 20.8. The molecule has 0 spiro atoms. The number of nitrogens with zero attached hydrogens (tertiary/aromatic N) is 3. The van der Waals surface area contributed by atoms with E-state index in [9.17, 15) is 48.5 Å². The first kappa shape index (κ1) is 53.9. The lowest BCUT2D eigenvalue weighted by Gasteiger charge is -2.26. The van der Waals surface area contributed by atoms with E-state index in [-0.39, 0.29) is 32.8 Å². The molecule has 0 radical (unpaired) electrons. The van der Waals surface area contributed by atoms with E-state index in [0.717, 1.165) is 47.0 Å². The molecule has 1 aromatic heterocycles. The molecule has 4 aromatic carbocycles. The Labute approximate surface area is 422 Å². The Kier molecular flexibility index (Phi) is 14.6. The summed E-state index contributed by atoms with van der Waals surface area (Å²) in [5.74, 6) is -0.0917. The summed E-state index contributed by atoms with van der Waals surface area (Å²) >= 11 is 0. The fourth-order valence-corrected chi connectivity index (χ4v) is 12.1. The average Bonchev–Trinajstić information content (AvgIpc) is 3.66. The molecule has 0 atom stereocenters. The molecule has 2 aliphatic heterocycles. The number of nitrogens with one attached hydrogen (secondary N) is 1. The molecular weight excluding hydrogens is 977 g/mol. The van der Waals surface area contributed by atoms with E-state index in [1.807, 2.05) is 89.8 Å². The van der Waals surface area contributed by atoms with Gasteiger partial charge in [0.15, 0.2) is 5.71 Å². The quantitative estimate of drug-likeness (QED) is 0.0313. The highest BCUT2D eigenvalue weighted by Crippen LogP contribution is 2.52. The van der Waals surface area contributed by atoms with Gasteiger partial charge in [-0.2, -0.15) is 29.8 Å². The second-order valence-corrected chi connectivity index (χ2v) is 24.7. The molecule has 0 unspecified atom stereocenters. The molecule has 382 valence electrons. The van der Waals surface area contributed by atoms with Crippen LogP contribution < -0.4 is 10.2 Å². The third-order valence-electron chi connectivity index (χ3n) is 13.9. The fraction of sp³-hybridized carbons (Fsp3) is 0.370. The first-order valence-corrected chi connectivity index (χ1v) is 28.2. The van der Waals surface area contributed by atoms with E-state index < -0.39 is 51.0 Å². The third-order valence-corrected chi connectivity index (χ3v) is 16.5. The van der Waals surface area contributed by atoms with Gasteiger partial charge in [-0.1, -0.05) is 53.2 Å². The molecule has 2 aliphatic rings. The Balaban J connectivity index is 1.32. The number of allylic oxidation sites excluding steroid dienone is 6. The van der Waals surface area contributed by atoms with Crippen molar-refractivity contribution in [1.29, 1.82) is 0 Å². The molecule has 0 aliphatic carbocycles. The highest BCUT2D eigenvalue weighted by atomic mass is 32.2. The Hall–Kier alpha value is -5.89. The molecule has 4 N–H and O–H groups in total. The molecule has 72 heavy (non-hydrogen) atoms. The number of likely N-dealkylation sites (N-methyl/N-ethyl adjacent to an activating group) is 1. The van der Waals surface area contributed by atoms with Crippen LogP contribution in [0.25, 0.3) is 27.1 Å². The number of benzene rings is 4. The van der Waals surface area contributed by atoms with Gasteiger partial charge in [-0.05, 0) is 135 Å². The molecule has 0 bridgehead atoms. The van der Waals surface area contributed by atoms with Crippen molar-refractivity contribution in [3.05, 3.63) is 125 Å². The SMILES string of the molecule is CCN1/C(=C/C=C(/C=C/C2=[N+](CC)c3ccc4c(C)cc(S(=O)(=O)O)cc4c3C2(C)C)c2ccc(C(=O)NCCCCCC(=O)C(C)(C)C)cn2)C(C)(C)c2c1ccc1c(S(=O)(=O)O)cc(S(=O)(=O)O)cc21. The van der Waals surface area contributed by atoms with Gasteiger partial charge in [-0.25, -0.2) is 0 Å². The molecule has 18 heteroatoms. The van der Waals surface area contributed by atoms with Crippen molar-refractivity contribution < 1.29 is 53.1 Å². The van der Waals surface area contributed by atoms with E-state index in [1.165, 1.54) is 30.5 Å². The molecule has 5 aromatic rings. The number of aryl methyl sites for hydroxylation is 1. The van der Waals surface area contributed by atoms with Crippen LogP contribution in [0, 0.1) is 12.3 Å². The molecule has 0 fully saturated rings. The molecule has 3 heterocycles. The van der Waals surface area contributed by atoms with Gasteiger partial charge in [0, 0.05) is 76.6 Å². The van der Waals surface area contributed by atoms with Gasteiger partial charge in [0.05, 0.1) is 26.5 Å². The van der Waals surface area contributed by atoms with Crippen LogP contribution in [0.2, 0.25) is 0 Å².